The summed E-state index contributed by atoms with van der Waals surface area (Å²) < 4.78 is 0. The number of hydrogen-bond acceptors (Lipinski definition) is 3. The summed E-state index contributed by atoms with van der Waals surface area (Å²) >= 11 is 0. The normalized spacial score (nSPS) is 12.7. The van der Waals surface area contributed by atoms with Crippen LogP contribution in [-0.2, 0) is 9.59 Å². The SMILES string of the molecule is CCC(=O)Nc1ccc(C)c(NC(=O)C(N)C(C)(C)C)c1. The van der Waals surface area contributed by atoms with Crippen molar-refractivity contribution in [1.82, 2.24) is 0 Å². The lowest BCUT2D eigenvalue weighted by atomic mass is 9.87. The molecule has 5 nitrogen and oxygen atoms in total. The molecule has 21 heavy (non-hydrogen) atoms. The van der Waals surface area contributed by atoms with E-state index in [0.29, 0.717) is 17.8 Å². The molecule has 1 unspecified atom stereocenters. The van der Waals surface area contributed by atoms with Crippen molar-refractivity contribution in [3.05, 3.63) is 23.8 Å². The van der Waals surface area contributed by atoms with Crippen molar-refractivity contribution in [2.24, 2.45) is 11.1 Å². The summed E-state index contributed by atoms with van der Waals surface area (Å²) in [7, 11) is 0. The minimum Gasteiger partial charge on any atom is -0.326 e. The van der Waals surface area contributed by atoms with E-state index in [1.54, 1.807) is 13.0 Å². The molecule has 0 aliphatic heterocycles. The largest absolute Gasteiger partial charge is 0.326 e. The Kier molecular flexibility index (Phi) is 5.49. The van der Waals surface area contributed by atoms with Gasteiger partial charge in [0.2, 0.25) is 11.8 Å². The Morgan fingerprint density at radius 3 is 2.38 bits per heavy atom. The standard InChI is InChI=1S/C16H25N3O2/c1-6-13(20)18-11-8-7-10(2)12(9-11)19-15(21)14(17)16(3,4)5/h7-9,14H,6,17H2,1-5H3,(H,18,20)(H,19,21). The number of rotatable bonds is 4. The second kappa shape index (κ2) is 6.72. The summed E-state index contributed by atoms with van der Waals surface area (Å²) in [5, 5.41) is 5.60. The molecular weight excluding hydrogens is 266 g/mol. The van der Waals surface area contributed by atoms with Crippen LogP contribution in [0, 0.1) is 12.3 Å². The molecule has 1 aromatic rings. The van der Waals surface area contributed by atoms with Gasteiger partial charge in [0, 0.05) is 17.8 Å². The highest BCUT2D eigenvalue weighted by atomic mass is 16.2. The van der Waals surface area contributed by atoms with Crippen molar-refractivity contribution >= 4 is 23.2 Å². The Hall–Kier alpha value is -1.88. The van der Waals surface area contributed by atoms with Crippen molar-refractivity contribution in [1.29, 1.82) is 0 Å². The highest BCUT2D eigenvalue weighted by Crippen LogP contribution is 2.23. The molecule has 0 saturated carbocycles. The number of hydrogen-bond donors (Lipinski definition) is 3. The molecule has 0 aromatic heterocycles. The van der Waals surface area contributed by atoms with Crippen molar-refractivity contribution < 1.29 is 9.59 Å². The van der Waals surface area contributed by atoms with Gasteiger partial charge in [-0.1, -0.05) is 33.8 Å². The van der Waals surface area contributed by atoms with Crippen molar-refractivity contribution in [2.75, 3.05) is 10.6 Å². The summed E-state index contributed by atoms with van der Waals surface area (Å²) in [6.45, 7) is 9.43. The molecule has 0 aliphatic carbocycles. The topological polar surface area (TPSA) is 84.2 Å². The third-order valence-corrected chi connectivity index (χ3v) is 3.32. The van der Waals surface area contributed by atoms with E-state index >= 15 is 0 Å². The highest BCUT2D eigenvalue weighted by Gasteiger charge is 2.27. The second-order valence-corrected chi connectivity index (χ2v) is 6.26. The quantitative estimate of drug-likeness (QED) is 0.797. The van der Waals surface area contributed by atoms with E-state index in [-0.39, 0.29) is 17.2 Å². The van der Waals surface area contributed by atoms with Gasteiger partial charge in [-0.3, -0.25) is 9.59 Å². The molecule has 5 heteroatoms. The Balaban J connectivity index is 2.90. The summed E-state index contributed by atoms with van der Waals surface area (Å²) in [5.41, 5.74) is 7.87. The molecule has 0 heterocycles. The van der Waals surface area contributed by atoms with Crippen LogP contribution in [0.1, 0.15) is 39.7 Å². The molecule has 0 fully saturated rings. The van der Waals surface area contributed by atoms with E-state index in [1.165, 1.54) is 0 Å². The van der Waals surface area contributed by atoms with Gasteiger partial charge in [0.1, 0.15) is 0 Å². The van der Waals surface area contributed by atoms with E-state index in [1.807, 2.05) is 39.8 Å². The van der Waals surface area contributed by atoms with E-state index in [2.05, 4.69) is 10.6 Å². The van der Waals surface area contributed by atoms with Gasteiger partial charge in [0.15, 0.2) is 0 Å². The van der Waals surface area contributed by atoms with Crippen LogP contribution in [0.25, 0.3) is 0 Å². The van der Waals surface area contributed by atoms with Crippen molar-refractivity contribution in [3.8, 4) is 0 Å². The number of amides is 2. The van der Waals surface area contributed by atoms with Crippen LogP contribution in [-0.4, -0.2) is 17.9 Å². The first-order valence-electron chi connectivity index (χ1n) is 7.12. The summed E-state index contributed by atoms with van der Waals surface area (Å²) in [5.74, 6) is -0.299. The maximum Gasteiger partial charge on any atom is 0.241 e. The number of benzene rings is 1. The van der Waals surface area contributed by atoms with Gasteiger partial charge in [0.05, 0.1) is 6.04 Å². The fourth-order valence-electron chi connectivity index (χ4n) is 1.69. The number of nitrogens with two attached hydrogens (primary N) is 1. The third-order valence-electron chi connectivity index (χ3n) is 3.32. The van der Waals surface area contributed by atoms with Gasteiger partial charge in [-0.2, -0.15) is 0 Å². The molecule has 2 amide bonds. The maximum atomic E-state index is 12.2. The van der Waals surface area contributed by atoms with Crippen LogP contribution in [0.3, 0.4) is 0 Å². The summed E-state index contributed by atoms with van der Waals surface area (Å²) in [6, 6.07) is 4.80. The molecule has 1 aromatic carbocycles. The second-order valence-electron chi connectivity index (χ2n) is 6.26. The summed E-state index contributed by atoms with van der Waals surface area (Å²) in [6.07, 6.45) is 0.407. The van der Waals surface area contributed by atoms with Gasteiger partial charge in [-0.25, -0.2) is 0 Å². The van der Waals surface area contributed by atoms with Crippen LogP contribution >= 0.6 is 0 Å². The minimum absolute atomic E-state index is 0.0671. The first-order valence-corrected chi connectivity index (χ1v) is 7.12. The molecule has 116 valence electrons. The molecule has 4 N–H and O–H groups in total. The monoisotopic (exact) mass is 291 g/mol. The number of anilines is 2. The fourth-order valence-corrected chi connectivity index (χ4v) is 1.69. The Labute approximate surface area is 126 Å². The van der Waals surface area contributed by atoms with Gasteiger partial charge in [0.25, 0.3) is 0 Å². The van der Waals surface area contributed by atoms with Gasteiger partial charge >= 0.3 is 0 Å². The van der Waals surface area contributed by atoms with E-state index in [0.717, 1.165) is 5.56 Å². The number of aryl methyl sites for hydroxylation is 1. The molecule has 0 saturated heterocycles. The van der Waals surface area contributed by atoms with E-state index < -0.39 is 6.04 Å². The third kappa shape index (κ3) is 4.86. The fraction of sp³-hybridized carbons (Fsp3) is 0.500. The molecule has 0 radical (unpaired) electrons. The number of carbonyl (C=O) groups excluding carboxylic acids is 2. The summed E-state index contributed by atoms with van der Waals surface area (Å²) in [4.78, 5) is 23.6. The van der Waals surface area contributed by atoms with Gasteiger partial charge in [-0.15, -0.1) is 0 Å². The van der Waals surface area contributed by atoms with Crippen LogP contribution in [0.4, 0.5) is 11.4 Å². The van der Waals surface area contributed by atoms with E-state index in [4.69, 9.17) is 5.73 Å². The zero-order valence-electron chi connectivity index (χ0n) is 13.4. The molecule has 0 bridgehead atoms. The Morgan fingerprint density at radius 2 is 1.86 bits per heavy atom. The van der Waals surface area contributed by atoms with Crippen molar-refractivity contribution in [3.63, 3.8) is 0 Å². The van der Waals surface area contributed by atoms with Crippen LogP contribution in [0.2, 0.25) is 0 Å². The number of nitrogens with one attached hydrogen (secondary N) is 2. The molecule has 0 spiro atoms. The smallest absolute Gasteiger partial charge is 0.241 e. The van der Waals surface area contributed by atoms with Crippen molar-refractivity contribution in [2.45, 2.75) is 47.1 Å². The lowest BCUT2D eigenvalue weighted by Crippen LogP contribution is -2.45. The van der Waals surface area contributed by atoms with Gasteiger partial charge < -0.3 is 16.4 Å². The number of carbonyl (C=O) groups is 2. The van der Waals surface area contributed by atoms with Crippen LogP contribution < -0.4 is 16.4 Å². The average molecular weight is 291 g/mol. The first-order chi connectivity index (χ1) is 9.65. The first kappa shape index (κ1) is 17.2. The molecular formula is C16H25N3O2. The maximum absolute atomic E-state index is 12.2. The Bertz CT molecular complexity index is 533. The Morgan fingerprint density at radius 1 is 1.24 bits per heavy atom. The van der Waals surface area contributed by atoms with E-state index in [9.17, 15) is 9.59 Å². The highest BCUT2D eigenvalue weighted by molar-refractivity contribution is 5.97. The predicted molar refractivity (Wildman–Crippen MR) is 86.2 cm³/mol. The predicted octanol–water partition coefficient (Wildman–Crippen LogP) is 2.66. The zero-order chi connectivity index (χ0) is 16.2. The molecule has 1 atom stereocenters. The van der Waals surface area contributed by atoms with Gasteiger partial charge in [-0.05, 0) is 30.0 Å². The molecule has 1 rings (SSSR count). The molecule has 0 aliphatic rings. The lowest BCUT2D eigenvalue weighted by molar-refractivity contribution is -0.119. The zero-order valence-corrected chi connectivity index (χ0v) is 13.4. The average Bonchev–Trinajstić information content (AvgIpc) is 2.40. The van der Waals surface area contributed by atoms with Crippen LogP contribution in [0.15, 0.2) is 18.2 Å². The minimum atomic E-state index is -0.606. The van der Waals surface area contributed by atoms with Crippen LogP contribution in [0.5, 0.6) is 0 Å². The lowest BCUT2D eigenvalue weighted by Gasteiger charge is -2.26.